The molecule has 1 unspecified atom stereocenters. The van der Waals surface area contributed by atoms with Gasteiger partial charge in [0.1, 0.15) is 12.1 Å². The summed E-state index contributed by atoms with van der Waals surface area (Å²) in [6.07, 6.45) is 1.56. The predicted molar refractivity (Wildman–Crippen MR) is 72.5 cm³/mol. The SMILES string of the molecule is Cc1cn(CCC(N)C(=O)OCC#N)c(=O)[nH]c1=O.Cl. The fourth-order valence-corrected chi connectivity index (χ4v) is 1.39. The van der Waals surface area contributed by atoms with Crippen LogP contribution in [-0.2, 0) is 16.1 Å². The molecule has 3 N–H and O–H groups in total. The van der Waals surface area contributed by atoms with Crippen LogP contribution in [0.1, 0.15) is 12.0 Å². The van der Waals surface area contributed by atoms with Crippen molar-refractivity contribution in [3.05, 3.63) is 32.6 Å². The zero-order valence-electron chi connectivity index (χ0n) is 10.8. The quantitative estimate of drug-likeness (QED) is 0.674. The second-order valence-corrected chi connectivity index (χ2v) is 3.93. The van der Waals surface area contributed by atoms with Gasteiger partial charge in [0.2, 0.25) is 0 Å². The first-order chi connectivity index (χ1) is 8.95. The molecule has 0 saturated carbocycles. The summed E-state index contributed by atoms with van der Waals surface area (Å²) in [6, 6.07) is 0.733. The lowest BCUT2D eigenvalue weighted by atomic mass is 10.2. The van der Waals surface area contributed by atoms with Crippen molar-refractivity contribution in [3.8, 4) is 6.07 Å². The van der Waals surface area contributed by atoms with Crippen LogP contribution in [0.5, 0.6) is 0 Å². The maximum Gasteiger partial charge on any atom is 0.328 e. The molecule has 110 valence electrons. The van der Waals surface area contributed by atoms with Gasteiger partial charge in [0, 0.05) is 18.3 Å². The number of aromatic amines is 1. The molecular formula is C11H15ClN4O4. The number of ether oxygens (including phenoxy) is 1. The third kappa shape index (κ3) is 4.87. The average Bonchev–Trinajstić information content (AvgIpc) is 2.38. The molecule has 20 heavy (non-hydrogen) atoms. The summed E-state index contributed by atoms with van der Waals surface area (Å²) >= 11 is 0. The smallest absolute Gasteiger partial charge is 0.328 e. The largest absolute Gasteiger partial charge is 0.449 e. The maximum absolute atomic E-state index is 11.5. The molecular weight excluding hydrogens is 288 g/mol. The normalized spacial score (nSPS) is 11.1. The predicted octanol–water partition coefficient (Wildman–Crippen LogP) is -0.949. The fraction of sp³-hybridized carbons (Fsp3) is 0.455. The highest BCUT2D eigenvalue weighted by molar-refractivity contribution is 5.85. The number of aromatic nitrogens is 2. The van der Waals surface area contributed by atoms with Gasteiger partial charge in [-0.2, -0.15) is 5.26 Å². The summed E-state index contributed by atoms with van der Waals surface area (Å²) in [6.45, 7) is 1.37. The number of hydrogen-bond donors (Lipinski definition) is 2. The summed E-state index contributed by atoms with van der Waals surface area (Å²) < 4.78 is 5.80. The van der Waals surface area contributed by atoms with Gasteiger partial charge in [-0.15, -0.1) is 12.4 Å². The lowest BCUT2D eigenvalue weighted by Crippen LogP contribution is -2.36. The molecule has 0 bridgehead atoms. The number of esters is 1. The highest BCUT2D eigenvalue weighted by Crippen LogP contribution is 1.95. The van der Waals surface area contributed by atoms with Crippen molar-refractivity contribution in [2.45, 2.75) is 25.9 Å². The van der Waals surface area contributed by atoms with Crippen LogP contribution in [0.3, 0.4) is 0 Å². The number of halogens is 1. The van der Waals surface area contributed by atoms with E-state index in [-0.39, 0.29) is 32.0 Å². The van der Waals surface area contributed by atoms with E-state index in [1.807, 2.05) is 0 Å². The third-order valence-corrected chi connectivity index (χ3v) is 2.45. The average molecular weight is 303 g/mol. The van der Waals surface area contributed by atoms with Crippen molar-refractivity contribution in [2.75, 3.05) is 6.61 Å². The van der Waals surface area contributed by atoms with Crippen molar-refractivity contribution in [3.63, 3.8) is 0 Å². The molecule has 1 heterocycles. The first-order valence-electron chi connectivity index (χ1n) is 5.55. The van der Waals surface area contributed by atoms with Gasteiger partial charge < -0.3 is 15.0 Å². The molecule has 1 rings (SSSR count). The van der Waals surface area contributed by atoms with Crippen LogP contribution < -0.4 is 17.0 Å². The molecule has 0 aromatic carbocycles. The molecule has 0 fully saturated rings. The molecule has 0 aliphatic heterocycles. The summed E-state index contributed by atoms with van der Waals surface area (Å²) in [4.78, 5) is 36.0. The van der Waals surface area contributed by atoms with E-state index in [2.05, 4.69) is 9.72 Å². The van der Waals surface area contributed by atoms with Crippen LogP contribution in [0.25, 0.3) is 0 Å². The highest BCUT2D eigenvalue weighted by Gasteiger charge is 2.15. The van der Waals surface area contributed by atoms with Gasteiger partial charge in [0.25, 0.3) is 5.56 Å². The number of nitriles is 1. The molecule has 0 aliphatic rings. The monoisotopic (exact) mass is 302 g/mol. The number of nitrogens with zero attached hydrogens (tertiary/aromatic N) is 2. The van der Waals surface area contributed by atoms with Crippen LogP contribution in [-0.4, -0.2) is 28.2 Å². The number of rotatable bonds is 5. The standard InChI is InChI=1S/C11H14N4O4.ClH/c1-7-6-15(11(18)14-9(7)16)4-2-8(13)10(17)19-5-3-12;/h6,8H,2,4-5,13H2,1H3,(H,14,16,18);1H. The number of aryl methyl sites for hydroxylation is 2. The first kappa shape index (κ1) is 17.9. The number of carbonyl (C=O) groups excluding carboxylic acids is 1. The van der Waals surface area contributed by atoms with Crippen LogP contribution in [0, 0.1) is 18.3 Å². The molecule has 0 amide bonds. The van der Waals surface area contributed by atoms with Gasteiger partial charge in [0.15, 0.2) is 6.61 Å². The van der Waals surface area contributed by atoms with Crippen LogP contribution in [0.15, 0.2) is 15.8 Å². The Balaban J connectivity index is 0.00000361. The lowest BCUT2D eigenvalue weighted by Gasteiger charge is -2.11. The van der Waals surface area contributed by atoms with E-state index >= 15 is 0 Å². The molecule has 8 nitrogen and oxygen atoms in total. The van der Waals surface area contributed by atoms with Crippen LogP contribution in [0.2, 0.25) is 0 Å². The maximum atomic E-state index is 11.5. The number of H-pyrrole nitrogens is 1. The summed E-state index contributed by atoms with van der Waals surface area (Å²) in [5, 5.41) is 8.25. The van der Waals surface area contributed by atoms with E-state index in [1.54, 1.807) is 13.0 Å². The lowest BCUT2D eigenvalue weighted by molar-refractivity contribution is -0.144. The molecule has 0 aliphatic carbocycles. The Hall–Kier alpha value is -2.11. The molecule has 0 spiro atoms. The minimum absolute atomic E-state index is 0. The van der Waals surface area contributed by atoms with E-state index in [9.17, 15) is 14.4 Å². The number of hydrogen-bond acceptors (Lipinski definition) is 6. The van der Waals surface area contributed by atoms with Crippen molar-refractivity contribution in [2.24, 2.45) is 5.73 Å². The number of nitrogens with one attached hydrogen (secondary N) is 1. The van der Waals surface area contributed by atoms with E-state index in [0.29, 0.717) is 5.56 Å². The highest BCUT2D eigenvalue weighted by atomic mass is 35.5. The summed E-state index contributed by atoms with van der Waals surface area (Å²) in [5.41, 5.74) is 4.93. The Morgan fingerprint density at radius 3 is 2.85 bits per heavy atom. The van der Waals surface area contributed by atoms with E-state index in [1.165, 1.54) is 10.8 Å². The topological polar surface area (TPSA) is 131 Å². The van der Waals surface area contributed by atoms with Crippen LogP contribution >= 0.6 is 12.4 Å². The van der Waals surface area contributed by atoms with Crippen molar-refractivity contribution < 1.29 is 9.53 Å². The minimum Gasteiger partial charge on any atom is -0.449 e. The fourth-order valence-electron chi connectivity index (χ4n) is 1.39. The summed E-state index contributed by atoms with van der Waals surface area (Å²) in [5.74, 6) is -0.698. The molecule has 1 atom stereocenters. The zero-order chi connectivity index (χ0) is 14.4. The molecule has 1 aromatic rings. The van der Waals surface area contributed by atoms with Crippen molar-refractivity contribution >= 4 is 18.4 Å². The van der Waals surface area contributed by atoms with Gasteiger partial charge >= 0.3 is 11.7 Å². The number of nitrogens with two attached hydrogens (primary N) is 1. The molecule has 1 aromatic heterocycles. The Kier molecular flexibility index (Phi) is 7.28. The van der Waals surface area contributed by atoms with E-state index < -0.39 is 23.3 Å². The Labute approximate surface area is 120 Å². The zero-order valence-corrected chi connectivity index (χ0v) is 11.6. The Bertz CT molecular complexity index is 616. The minimum atomic E-state index is -0.924. The molecule has 0 radical (unpaired) electrons. The van der Waals surface area contributed by atoms with Gasteiger partial charge in [-0.25, -0.2) is 4.79 Å². The van der Waals surface area contributed by atoms with E-state index in [0.717, 1.165) is 0 Å². The Morgan fingerprint density at radius 1 is 1.60 bits per heavy atom. The summed E-state index contributed by atoms with van der Waals surface area (Å²) in [7, 11) is 0. The van der Waals surface area contributed by atoms with Crippen molar-refractivity contribution in [1.29, 1.82) is 5.26 Å². The van der Waals surface area contributed by atoms with Gasteiger partial charge in [-0.05, 0) is 13.3 Å². The van der Waals surface area contributed by atoms with Gasteiger partial charge in [-0.1, -0.05) is 0 Å². The third-order valence-electron chi connectivity index (χ3n) is 2.45. The van der Waals surface area contributed by atoms with Gasteiger partial charge in [-0.3, -0.25) is 14.6 Å². The Morgan fingerprint density at radius 2 is 2.25 bits per heavy atom. The molecule has 9 heteroatoms. The molecule has 0 saturated heterocycles. The second-order valence-electron chi connectivity index (χ2n) is 3.93. The second kappa shape index (κ2) is 8.14. The number of carbonyl (C=O) groups is 1. The van der Waals surface area contributed by atoms with E-state index in [4.69, 9.17) is 11.0 Å². The van der Waals surface area contributed by atoms with Crippen LogP contribution in [0.4, 0.5) is 0 Å². The van der Waals surface area contributed by atoms with Crippen molar-refractivity contribution in [1.82, 2.24) is 9.55 Å². The van der Waals surface area contributed by atoms with Gasteiger partial charge in [0.05, 0.1) is 0 Å². The first-order valence-corrected chi connectivity index (χ1v) is 5.55.